The minimum atomic E-state index is -0.832. The third kappa shape index (κ3) is 4.35. The van der Waals surface area contributed by atoms with Crippen LogP contribution in [0, 0.1) is 17.2 Å². The van der Waals surface area contributed by atoms with Gasteiger partial charge >= 0.3 is 0 Å². The van der Waals surface area contributed by atoms with Gasteiger partial charge in [-0.1, -0.05) is 37.8 Å². The van der Waals surface area contributed by atoms with Crippen molar-refractivity contribution in [2.24, 2.45) is 5.92 Å². The number of nitrogens with zero attached hydrogens (tertiary/aromatic N) is 2. The van der Waals surface area contributed by atoms with E-state index in [2.05, 4.69) is 16.3 Å². The lowest BCUT2D eigenvalue weighted by molar-refractivity contribution is -0.121. The third-order valence-corrected chi connectivity index (χ3v) is 5.36. The molecule has 0 aliphatic carbocycles. The van der Waals surface area contributed by atoms with Gasteiger partial charge < -0.3 is 10.2 Å². The lowest BCUT2D eigenvalue weighted by Crippen LogP contribution is -2.51. The average Bonchev–Trinajstić information content (AvgIpc) is 2.91. The Bertz CT molecular complexity index is 413. The minimum absolute atomic E-state index is 0.0548. The molecule has 0 aromatic carbocycles. The van der Waals surface area contributed by atoms with E-state index in [0.717, 1.165) is 17.4 Å². The second-order valence-electron chi connectivity index (χ2n) is 5.68. The molecule has 2 unspecified atom stereocenters. The van der Waals surface area contributed by atoms with Crippen molar-refractivity contribution < 1.29 is 4.79 Å². The number of likely N-dealkylation sites (tertiary alicyclic amines) is 1. The smallest absolute Gasteiger partial charge is 0.234 e. The number of carbonyl (C=O) groups excluding carboxylic acids is 1. The summed E-state index contributed by atoms with van der Waals surface area (Å²) in [5.41, 5.74) is -0.832. The molecule has 20 heavy (non-hydrogen) atoms. The molecule has 0 radical (unpaired) electrons. The van der Waals surface area contributed by atoms with Gasteiger partial charge in [-0.15, -0.1) is 0 Å². The van der Waals surface area contributed by atoms with E-state index < -0.39 is 5.54 Å². The molecule has 1 rings (SSSR count). The fourth-order valence-corrected chi connectivity index (χ4v) is 3.25. The number of carbonyl (C=O) groups is 1. The summed E-state index contributed by atoms with van der Waals surface area (Å²) in [4.78, 5) is 14.4. The SMILES string of the molecule is CC(SC(=S)N1CCCC1)C(=O)NC(C)(C#N)C(C)C. The zero-order valence-corrected chi connectivity index (χ0v) is 14.2. The molecule has 0 bridgehead atoms. The summed E-state index contributed by atoms with van der Waals surface area (Å²) in [7, 11) is 0. The van der Waals surface area contributed by atoms with Crippen LogP contribution in [0.2, 0.25) is 0 Å². The van der Waals surface area contributed by atoms with Gasteiger partial charge in [-0.25, -0.2) is 0 Å². The number of amides is 1. The molecule has 1 fully saturated rings. The van der Waals surface area contributed by atoms with Crippen LogP contribution < -0.4 is 5.32 Å². The molecule has 1 aliphatic rings. The Labute approximate surface area is 131 Å². The lowest BCUT2D eigenvalue weighted by Gasteiger charge is -2.29. The molecule has 1 heterocycles. The number of nitrogens with one attached hydrogen (secondary N) is 1. The maximum absolute atomic E-state index is 12.2. The highest BCUT2D eigenvalue weighted by Gasteiger charge is 2.32. The van der Waals surface area contributed by atoms with Crippen LogP contribution in [-0.4, -0.2) is 39.0 Å². The van der Waals surface area contributed by atoms with Gasteiger partial charge in [0.25, 0.3) is 0 Å². The average molecular weight is 313 g/mol. The van der Waals surface area contributed by atoms with Crippen molar-refractivity contribution in [3.8, 4) is 6.07 Å². The molecule has 0 spiro atoms. The standard InChI is InChI=1S/C14H23N3OS2/c1-10(2)14(4,9-15)16-12(18)11(3)20-13(19)17-7-5-6-8-17/h10-11H,5-8H2,1-4H3,(H,16,18). The van der Waals surface area contributed by atoms with Crippen LogP contribution in [0.4, 0.5) is 0 Å². The van der Waals surface area contributed by atoms with Crippen LogP contribution in [0.15, 0.2) is 0 Å². The molecule has 6 heteroatoms. The topological polar surface area (TPSA) is 56.1 Å². The van der Waals surface area contributed by atoms with Crippen molar-refractivity contribution in [1.29, 1.82) is 5.26 Å². The Kier molecular flexibility index (Phi) is 6.28. The number of thiocarbonyl (C=S) groups is 1. The summed E-state index contributed by atoms with van der Waals surface area (Å²) in [5, 5.41) is 11.8. The van der Waals surface area contributed by atoms with E-state index >= 15 is 0 Å². The van der Waals surface area contributed by atoms with Gasteiger partial charge in [-0.3, -0.25) is 4.79 Å². The van der Waals surface area contributed by atoms with Crippen molar-refractivity contribution in [2.45, 2.75) is 51.3 Å². The van der Waals surface area contributed by atoms with Crippen molar-refractivity contribution in [2.75, 3.05) is 13.1 Å². The summed E-state index contributed by atoms with van der Waals surface area (Å²) in [6, 6.07) is 2.19. The minimum Gasteiger partial charge on any atom is -0.358 e. The normalized spacial score (nSPS) is 19.3. The number of thioether (sulfide) groups is 1. The molecule has 4 nitrogen and oxygen atoms in total. The van der Waals surface area contributed by atoms with E-state index in [9.17, 15) is 10.1 Å². The highest BCUT2D eigenvalue weighted by atomic mass is 32.2. The lowest BCUT2D eigenvalue weighted by atomic mass is 9.90. The fraction of sp³-hybridized carbons (Fsp3) is 0.786. The Balaban J connectivity index is 2.54. The predicted molar refractivity (Wildman–Crippen MR) is 87.5 cm³/mol. The summed E-state index contributed by atoms with van der Waals surface area (Å²) >= 11 is 6.78. The maximum Gasteiger partial charge on any atom is 0.234 e. The van der Waals surface area contributed by atoms with E-state index in [0.29, 0.717) is 0 Å². The molecule has 0 aromatic rings. The van der Waals surface area contributed by atoms with E-state index in [-0.39, 0.29) is 17.1 Å². The molecule has 0 aromatic heterocycles. The first-order valence-corrected chi connectivity index (χ1v) is 8.28. The van der Waals surface area contributed by atoms with Crippen LogP contribution in [0.5, 0.6) is 0 Å². The Hall–Kier alpha value is -0.800. The molecule has 2 atom stereocenters. The Morgan fingerprint density at radius 1 is 1.40 bits per heavy atom. The van der Waals surface area contributed by atoms with Crippen LogP contribution in [-0.2, 0) is 4.79 Å². The summed E-state index contributed by atoms with van der Waals surface area (Å²) in [5.74, 6) is -0.0755. The molecule has 1 aliphatic heterocycles. The van der Waals surface area contributed by atoms with E-state index in [1.165, 1.54) is 24.6 Å². The highest BCUT2D eigenvalue weighted by molar-refractivity contribution is 8.23. The zero-order chi connectivity index (χ0) is 15.3. The fourth-order valence-electron chi connectivity index (χ4n) is 1.84. The Morgan fingerprint density at radius 2 is 1.95 bits per heavy atom. The van der Waals surface area contributed by atoms with Crippen molar-refractivity contribution in [1.82, 2.24) is 10.2 Å². The maximum atomic E-state index is 12.2. The van der Waals surface area contributed by atoms with Gasteiger partial charge in [-0.2, -0.15) is 5.26 Å². The summed E-state index contributed by atoms with van der Waals surface area (Å²) < 4.78 is 0.786. The second kappa shape index (κ2) is 7.28. The van der Waals surface area contributed by atoms with Crippen molar-refractivity contribution in [3.63, 3.8) is 0 Å². The number of rotatable bonds is 4. The monoisotopic (exact) mass is 313 g/mol. The van der Waals surface area contributed by atoms with Crippen molar-refractivity contribution >= 4 is 34.2 Å². The van der Waals surface area contributed by atoms with Crippen LogP contribution >= 0.6 is 24.0 Å². The predicted octanol–water partition coefficient (Wildman–Crippen LogP) is 2.54. The first-order chi connectivity index (χ1) is 9.30. The molecule has 1 saturated heterocycles. The highest BCUT2D eigenvalue weighted by Crippen LogP contribution is 2.22. The molecular weight excluding hydrogens is 290 g/mol. The summed E-state index contributed by atoms with van der Waals surface area (Å²) in [6.07, 6.45) is 2.34. The van der Waals surface area contributed by atoms with Crippen LogP contribution in [0.3, 0.4) is 0 Å². The van der Waals surface area contributed by atoms with Crippen LogP contribution in [0.25, 0.3) is 0 Å². The van der Waals surface area contributed by atoms with Crippen molar-refractivity contribution in [3.05, 3.63) is 0 Å². The third-order valence-electron chi connectivity index (χ3n) is 3.78. The number of hydrogen-bond donors (Lipinski definition) is 1. The van der Waals surface area contributed by atoms with E-state index in [1.807, 2.05) is 20.8 Å². The zero-order valence-electron chi connectivity index (χ0n) is 12.6. The van der Waals surface area contributed by atoms with Gasteiger partial charge in [0.2, 0.25) is 5.91 Å². The van der Waals surface area contributed by atoms with E-state index in [4.69, 9.17) is 12.2 Å². The Morgan fingerprint density at radius 3 is 2.40 bits per heavy atom. The quantitative estimate of drug-likeness (QED) is 0.808. The second-order valence-corrected chi connectivity index (χ2v) is 7.65. The molecular formula is C14H23N3OS2. The first-order valence-electron chi connectivity index (χ1n) is 6.99. The molecule has 112 valence electrons. The number of nitriles is 1. The van der Waals surface area contributed by atoms with Gasteiger partial charge in [0, 0.05) is 13.1 Å². The summed E-state index contributed by atoms with van der Waals surface area (Å²) in [6.45, 7) is 9.42. The van der Waals surface area contributed by atoms with Gasteiger partial charge in [-0.05, 0) is 32.6 Å². The van der Waals surface area contributed by atoms with Gasteiger partial charge in [0.1, 0.15) is 9.86 Å². The number of hydrogen-bond acceptors (Lipinski definition) is 4. The molecule has 1 amide bonds. The van der Waals surface area contributed by atoms with Crippen LogP contribution in [0.1, 0.15) is 40.5 Å². The van der Waals surface area contributed by atoms with Gasteiger partial charge in [0.05, 0.1) is 11.3 Å². The molecule has 1 N–H and O–H groups in total. The molecule has 0 saturated carbocycles. The first kappa shape index (κ1) is 17.3. The largest absolute Gasteiger partial charge is 0.358 e. The van der Waals surface area contributed by atoms with E-state index in [1.54, 1.807) is 6.92 Å². The van der Waals surface area contributed by atoms with Gasteiger partial charge in [0.15, 0.2) is 0 Å².